The second-order valence-electron chi connectivity index (χ2n) is 10.2. The minimum atomic E-state index is -0.736. The number of quaternary nitrogens is 1. The van der Waals surface area contributed by atoms with Crippen molar-refractivity contribution in [1.82, 2.24) is 0 Å². The second-order valence-corrected chi connectivity index (χ2v) is 10.2. The van der Waals surface area contributed by atoms with Gasteiger partial charge in [-0.05, 0) is 69.9 Å². The largest absolute Gasteiger partial charge is 0.481 e. The third kappa shape index (κ3) is 3.90. The average molecular weight is 449 g/mol. The highest BCUT2D eigenvalue weighted by molar-refractivity contribution is 6.12. The first-order chi connectivity index (χ1) is 15.8. The topological polar surface area (TPSA) is 66.6 Å². The number of carboxylic acids is 1. The number of aliphatic imine (C=N–C) groups is 1. The van der Waals surface area contributed by atoms with Crippen LogP contribution >= 0.6 is 0 Å². The number of carboxylic acid groups (broad SMARTS) is 1. The molecule has 1 aromatic rings. The Morgan fingerprint density at radius 2 is 2.18 bits per heavy atom. The summed E-state index contributed by atoms with van der Waals surface area (Å²) in [5, 5.41) is 9.13. The number of nitrogens with one attached hydrogen (secondary N) is 1. The Kier molecular flexibility index (Phi) is 5.44. The van der Waals surface area contributed by atoms with Crippen molar-refractivity contribution in [3.8, 4) is 5.75 Å². The lowest BCUT2D eigenvalue weighted by Crippen LogP contribution is -3.23. The standard InChI is InChI=1S/C27H33N3O3/c1-5-29-10-6-8-18-12-20-24(14-22(18)29)33-25-15-23-19(13-21(25)28-20)17(2)16-27(3,4)30(23)11-7-9-26(31)32/h12-16,23H,5-11H2,1-4H3,(H,31,32)/p+1. The summed E-state index contributed by atoms with van der Waals surface area (Å²) in [7, 11) is 0. The molecule has 4 aliphatic rings. The molecule has 2 N–H and O–H groups in total. The maximum Gasteiger partial charge on any atom is 0.303 e. The van der Waals surface area contributed by atoms with Gasteiger partial charge in [-0.2, -0.15) is 0 Å². The lowest BCUT2D eigenvalue weighted by Gasteiger charge is -2.44. The number of nitrogens with zero attached hydrogens (tertiary/aromatic N) is 2. The third-order valence-corrected chi connectivity index (χ3v) is 7.49. The van der Waals surface area contributed by atoms with Crippen molar-refractivity contribution < 1.29 is 19.5 Å². The Morgan fingerprint density at radius 3 is 2.94 bits per heavy atom. The molecule has 0 amide bonds. The highest BCUT2D eigenvalue weighted by atomic mass is 16.5. The second kappa shape index (κ2) is 8.17. The number of carbonyl (C=O) groups is 1. The zero-order valence-corrected chi connectivity index (χ0v) is 20.1. The summed E-state index contributed by atoms with van der Waals surface area (Å²) < 4.78 is 6.47. The van der Waals surface area contributed by atoms with Gasteiger partial charge in [0.1, 0.15) is 23.0 Å². The number of allylic oxidation sites excluding steroid dienone is 1. The summed E-state index contributed by atoms with van der Waals surface area (Å²) in [5.74, 6) is 0.909. The normalized spacial score (nSPS) is 24.7. The molecule has 0 aromatic heterocycles. The molecule has 0 fully saturated rings. The summed E-state index contributed by atoms with van der Waals surface area (Å²) in [5.41, 5.74) is 6.85. The van der Waals surface area contributed by atoms with E-state index in [1.165, 1.54) is 33.7 Å². The summed E-state index contributed by atoms with van der Waals surface area (Å²) in [6, 6.07) is 4.50. The smallest absolute Gasteiger partial charge is 0.303 e. The SMILES string of the molecule is CCN1CCCc2cc3c(cc21)OC1=CC2C(=CC1=N3)C(C)=CC(C)(C)[NH+]2CCCC(=O)O. The molecule has 174 valence electrons. The molecule has 0 saturated carbocycles. The molecule has 0 bridgehead atoms. The van der Waals surface area contributed by atoms with Crippen molar-refractivity contribution in [3.05, 3.63) is 52.8 Å². The Morgan fingerprint density at radius 1 is 1.36 bits per heavy atom. The molecule has 2 atom stereocenters. The van der Waals surface area contributed by atoms with Gasteiger partial charge in [0, 0.05) is 42.9 Å². The van der Waals surface area contributed by atoms with Crippen LogP contribution < -0.4 is 14.5 Å². The molecule has 33 heavy (non-hydrogen) atoms. The number of hydrogen-bond acceptors (Lipinski definition) is 4. The van der Waals surface area contributed by atoms with Gasteiger partial charge in [-0.25, -0.2) is 4.99 Å². The predicted molar refractivity (Wildman–Crippen MR) is 131 cm³/mol. The molecule has 1 aromatic carbocycles. The number of anilines is 1. The van der Waals surface area contributed by atoms with Gasteiger partial charge in [0.15, 0.2) is 11.5 Å². The van der Waals surface area contributed by atoms with Gasteiger partial charge in [0.25, 0.3) is 0 Å². The Bertz CT molecular complexity index is 1130. The molecule has 2 unspecified atom stereocenters. The van der Waals surface area contributed by atoms with E-state index in [-0.39, 0.29) is 18.0 Å². The maximum atomic E-state index is 11.1. The molecule has 3 aliphatic heterocycles. The molecule has 6 nitrogen and oxygen atoms in total. The first-order valence-electron chi connectivity index (χ1n) is 12.2. The van der Waals surface area contributed by atoms with Gasteiger partial charge in [-0.3, -0.25) is 4.79 Å². The van der Waals surface area contributed by atoms with E-state index in [9.17, 15) is 4.79 Å². The molecule has 0 radical (unpaired) electrons. The number of aliphatic carboxylic acids is 1. The van der Waals surface area contributed by atoms with Gasteiger partial charge in [0.05, 0.1) is 13.0 Å². The van der Waals surface area contributed by atoms with Crippen molar-refractivity contribution in [3.63, 3.8) is 0 Å². The van der Waals surface area contributed by atoms with E-state index in [0.717, 1.165) is 49.0 Å². The van der Waals surface area contributed by atoms with Crippen molar-refractivity contribution >= 4 is 23.1 Å². The van der Waals surface area contributed by atoms with Crippen LogP contribution in [0.15, 0.2) is 52.3 Å². The van der Waals surface area contributed by atoms with Crippen molar-refractivity contribution in [1.29, 1.82) is 0 Å². The molecular formula is C27H34N3O3+. The minimum Gasteiger partial charge on any atom is -0.481 e. The summed E-state index contributed by atoms with van der Waals surface area (Å²) >= 11 is 0. The highest BCUT2D eigenvalue weighted by Gasteiger charge is 2.43. The zero-order chi connectivity index (χ0) is 23.3. The molecule has 0 saturated heterocycles. The van der Waals surface area contributed by atoms with E-state index >= 15 is 0 Å². The highest BCUT2D eigenvalue weighted by Crippen LogP contribution is 2.42. The van der Waals surface area contributed by atoms with Crippen LogP contribution in [0, 0.1) is 0 Å². The van der Waals surface area contributed by atoms with Crippen molar-refractivity contribution in [2.24, 2.45) is 4.99 Å². The van der Waals surface area contributed by atoms with Gasteiger partial charge in [-0.1, -0.05) is 0 Å². The Hall–Kier alpha value is -2.86. The predicted octanol–water partition coefficient (Wildman–Crippen LogP) is 3.60. The van der Waals surface area contributed by atoms with Gasteiger partial charge in [0.2, 0.25) is 0 Å². The molecule has 6 heteroatoms. The van der Waals surface area contributed by atoms with Crippen LogP contribution in [0.1, 0.15) is 52.5 Å². The zero-order valence-electron chi connectivity index (χ0n) is 20.1. The lowest BCUT2D eigenvalue weighted by molar-refractivity contribution is -0.955. The summed E-state index contributed by atoms with van der Waals surface area (Å²) in [6.07, 6.45) is 9.81. The van der Waals surface area contributed by atoms with Crippen LogP contribution in [-0.2, 0) is 11.2 Å². The van der Waals surface area contributed by atoms with E-state index in [2.05, 4.69) is 63.0 Å². The third-order valence-electron chi connectivity index (χ3n) is 7.49. The fraction of sp³-hybridized carbons (Fsp3) is 0.481. The number of benzene rings is 1. The van der Waals surface area contributed by atoms with Crippen molar-refractivity contribution in [2.75, 3.05) is 24.5 Å². The maximum absolute atomic E-state index is 11.1. The van der Waals surface area contributed by atoms with Crippen molar-refractivity contribution in [2.45, 2.75) is 65.0 Å². The average Bonchev–Trinajstić information content (AvgIpc) is 2.76. The summed E-state index contributed by atoms with van der Waals surface area (Å²) in [4.78, 5) is 19.9. The number of hydrogen-bond donors (Lipinski definition) is 2. The monoisotopic (exact) mass is 448 g/mol. The van der Waals surface area contributed by atoms with Crippen LogP contribution in [0.25, 0.3) is 0 Å². The Balaban J connectivity index is 1.52. The van der Waals surface area contributed by atoms with Gasteiger partial charge in [-0.15, -0.1) is 0 Å². The van der Waals surface area contributed by atoms with Crippen LogP contribution in [0.2, 0.25) is 0 Å². The minimum absolute atomic E-state index is 0.0937. The first kappa shape index (κ1) is 22.0. The molecule has 5 rings (SSSR count). The number of rotatable bonds is 5. The van der Waals surface area contributed by atoms with E-state index < -0.39 is 5.97 Å². The fourth-order valence-corrected chi connectivity index (χ4v) is 5.90. The van der Waals surface area contributed by atoms with E-state index in [0.29, 0.717) is 6.42 Å². The van der Waals surface area contributed by atoms with Crippen LogP contribution in [-0.4, -0.2) is 48.0 Å². The fourth-order valence-electron chi connectivity index (χ4n) is 5.90. The molecule has 1 aliphatic carbocycles. The molecule has 0 spiro atoms. The first-order valence-corrected chi connectivity index (χ1v) is 12.2. The summed E-state index contributed by atoms with van der Waals surface area (Å²) in [6.45, 7) is 11.7. The van der Waals surface area contributed by atoms with Gasteiger partial charge < -0.3 is 19.6 Å². The lowest BCUT2D eigenvalue weighted by atomic mass is 9.81. The molecule has 3 heterocycles. The van der Waals surface area contributed by atoms with Crippen LogP contribution in [0.5, 0.6) is 5.75 Å². The van der Waals surface area contributed by atoms with E-state index in [1.807, 2.05) is 0 Å². The number of ether oxygens (including phenoxy) is 1. The van der Waals surface area contributed by atoms with E-state index in [1.54, 1.807) is 0 Å². The van der Waals surface area contributed by atoms with Gasteiger partial charge >= 0.3 is 5.97 Å². The van der Waals surface area contributed by atoms with Crippen LogP contribution in [0.3, 0.4) is 0 Å². The van der Waals surface area contributed by atoms with E-state index in [4.69, 9.17) is 14.8 Å². The number of aryl methyl sites for hydroxylation is 1. The quantitative estimate of drug-likeness (QED) is 0.722. The van der Waals surface area contributed by atoms with Crippen LogP contribution in [0.4, 0.5) is 11.4 Å². The molecular weight excluding hydrogens is 414 g/mol. The number of fused-ring (bicyclic) bond motifs is 4. The Labute approximate surface area is 195 Å².